The van der Waals surface area contributed by atoms with Crippen molar-refractivity contribution in [3.63, 3.8) is 0 Å². The number of imidazole rings is 3. The van der Waals surface area contributed by atoms with Gasteiger partial charge < -0.3 is 49.2 Å². The van der Waals surface area contributed by atoms with Crippen LogP contribution in [0.15, 0.2) is 96.3 Å². The Kier molecular flexibility index (Phi) is 18.4. The van der Waals surface area contributed by atoms with E-state index in [0.717, 1.165) is 79.1 Å². The van der Waals surface area contributed by atoms with Crippen LogP contribution in [0.2, 0.25) is 0 Å². The van der Waals surface area contributed by atoms with Crippen LogP contribution in [-0.4, -0.2) is 131 Å². The number of rotatable bonds is 13. The standard InChI is InChI=1S/C21H19FN10O.C21H18FN7O.C16H11BrFN5O.C11H19BN2O2/c1-11-7-17(31(2)28-11)14-9-24-21(32-10-16(25-20(14)32)19-26-29-30-27-19)23-8-13-12-5-6-33-18(12)4-3-15(13)22;1-12-8-17(28(3)27-12)15-10-25-21(29-11-19(23-2)26-20(15)29)24-9-14-13-6-7-30-18(13)5-4-16(14)22;1-19-14-8-23-15(22-14)11(17)7-21-16(23)20-6-10-9-4-5-24-13(9)3-2-12(10)18;1-8-7-9(14(6)13-8)12-15-10(2,3)11(4,5)16-12/h3-4,7,9-10H,5-6,8H2,1-2H3,(H,23,24)(H,26,27,29,30);4-5,8,10-11H,6-7,9H2,1,3H3,(H,24,25);2-3,7-8H,4-6H2,(H,20,21);7H,1-6H3. The molecule has 1 saturated heterocycles. The molecule has 10 aromatic heterocycles. The van der Waals surface area contributed by atoms with Gasteiger partial charge in [-0.1, -0.05) is 23.1 Å². The highest BCUT2D eigenvalue weighted by Crippen LogP contribution is 2.39. The van der Waals surface area contributed by atoms with Gasteiger partial charge in [0.15, 0.2) is 5.65 Å². The molecule has 34 heteroatoms. The van der Waals surface area contributed by atoms with Crippen molar-refractivity contribution >= 4 is 75.1 Å². The molecule has 103 heavy (non-hydrogen) atoms. The van der Waals surface area contributed by atoms with Gasteiger partial charge >= 0.3 is 7.12 Å². The Hall–Kier alpha value is -11.7. The monoisotopic (exact) mass is 1460 g/mol. The van der Waals surface area contributed by atoms with Crippen LogP contribution in [0.1, 0.15) is 78.2 Å². The molecular weight excluding hydrogens is 1390 g/mol. The number of ether oxygens (including phenoxy) is 3. The van der Waals surface area contributed by atoms with E-state index in [2.05, 4.69) is 130 Å². The lowest BCUT2D eigenvalue weighted by Gasteiger charge is -2.32. The summed E-state index contributed by atoms with van der Waals surface area (Å²) in [6.07, 6.45) is 12.1. The number of nitrogens with one attached hydrogen (secondary N) is 4. The minimum Gasteiger partial charge on any atom is -0.493 e. The third-order valence-electron chi connectivity index (χ3n) is 18.4. The number of halogens is 4. The fourth-order valence-corrected chi connectivity index (χ4v) is 13.1. The molecule has 3 aromatic carbocycles. The number of aryl methyl sites for hydroxylation is 6. The summed E-state index contributed by atoms with van der Waals surface area (Å²) in [5.74, 6) is 3.73. The van der Waals surface area contributed by atoms with Gasteiger partial charge in [-0.3, -0.25) is 27.2 Å². The Morgan fingerprint density at radius 3 is 1.40 bits per heavy atom. The zero-order valence-electron chi connectivity index (χ0n) is 57.6. The normalized spacial score (nSPS) is 14.3. The van der Waals surface area contributed by atoms with Crippen molar-refractivity contribution in [2.24, 2.45) is 21.1 Å². The second-order valence-corrected chi connectivity index (χ2v) is 26.5. The maximum absolute atomic E-state index is 14.6. The summed E-state index contributed by atoms with van der Waals surface area (Å²) in [7, 11) is 5.31. The molecule has 29 nitrogen and oxygen atoms in total. The van der Waals surface area contributed by atoms with E-state index >= 15 is 0 Å². The van der Waals surface area contributed by atoms with Crippen LogP contribution >= 0.6 is 15.9 Å². The van der Waals surface area contributed by atoms with Gasteiger partial charge in [0.2, 0.25) is 35.0 Å². The van der Waals surface area contributed by atoms with E-state index in [9.17, 15) is 13.2 Å². The Balaban J connectivity index is 0.000000120. The highest BCUT2D eigenvalue weighted by Gasteiger charge is 2.53. The van der Waals surface area contributed by atoms with E-state index in [4.69, 9.17) is 41.6 Å². The minimum atomic E-state index is -0.323. The maximum Gasteiger partial charge on any atom is 0.514 e. The Morgan fingerprint density at radius 2 is 0.981 bits per heavy atom. The SMILES string of the molecule is Cc1cc(-c2cnc(NCc3c(F)ccc4c3CCO4)n3cc(-c4nn[nH]n4)nc23)n(C)n1.Cc1cc(B2OC(C)(C)C(C)(C)O2)n(C)n1.[C-]#[N+]c1cn2c(NCc3c(F)ccc4c3CCO4)ncc(-c3cc(C)nn3C)c2n1.[C-]#[N+]c1cn2c(NCc3c(F)ccc4c3CCO4)ncc(Br)c2n1. The third-order valence-corrected chi connectivity index (χ3v) is 18.9. The van der Waals surface area contributed by atoms with E-state index in [1.165, 1.54) is 18.2 Å². The molecule has 0 saturated carbocycles. The van der Waals surface area contributed by atoms with E-state index in [-0.39, 0.29) is 67.0 Å². The molecule has 14 heterocycles. The zero-order valence-corrected chi connectivity index (χ0v) is 59.2. The van der Waals surface area contributed by atoms with Crippen molar-refractivity contribution in [3.8, 4) is 51.3 Å². The van der Waals surface area contributed by atoms with E-state index in [1.807, 2.05) is 64.8 Å². The van der Waals surface area contributed by atoms with E-state index in [1.54, 1.807) is 77.9 Å². The van der Waals surface area contributed by atoms with Crippen molar-refractivity contribution in [2.45, 2.75) is 98.6 Å². The highest BCUT2D eigenvalue weighted by molar-refractivity contribution is 9.10. The van der Waals surface area contributed by atoms with Gasteiger partial charge in [-0.15, -0.1) is 10.2 Å². The zero-order chi connectivity index (χ0) is 72.2. The molecule has 0 aliphatic carbocycles. The van der Waals surface area contributed by atoms with E-state index < -0.39 is 0 Å². The quantitative estimate of drug-likeness (QED) is 0.0616. The summed E-state index contributed by atoms with van der Waals surface area (Å²) in [6.45, 7) is 30.9. The van der Waals surface area contributed by atoms with Crippen molar-refractivity contribution in [3.05, 3.63) is 187 Å². The number of hydrogen-bond acceptors (Lipinski definition) is 20. The van der Waals surface area contributed by atoms with Crippen LogP contribution in [0.3, 0.4) is 0 Å². The second-order valence-electron chi connectivity index (χ2n) is 25.7. The number of hydrogen-bond donors (Lipinski definition) is 4. The molecule has 4 N–H and O–H groups in total. The maximum atomic E-state index is 14.6. The molecule has 0 spiro atoms. The first kappa shape index (κ1) is 68.4. The summed E-state index contributed by atoms with van der Waals surface area (Å²) in [4.78, 5) is 33.6. The Labute approximate surface area is 595 Å². The predicted octanol–water partition coefficient (Wildman–Crippen LogP) is 10.7. The molecule has 0 amide bonds. The number of anilines is 3. The molecule has 0 unspecified atom stereocenters. The molecule has 0 radical (unpaired) electrons. The van der Waals surface area contributed by atoms with Gasteiger partial charge in [0.1, 0.15) is 44.9 Å². The average molecular weight is 1460 g/mol. The molecule has 1 fully saturated rings. The fraction of sp³-hybridized carbons (Fsp3) is 0.304. The largest absolute Gasteiger partial charge is 0.514 e. The Bertz CT molecular complexity index is 5500. The number of fused-ring (bicyclic) bond motifs is 6. The molecular formula is C69H67BBrF3N24O5. The van der Waals surface area contributed by atoms with Crippen LogP contribution in [-0.2, 0) is 69.3 Å². The van der Waals surface area contributed by atoms with Gasteiger partial charge in [-0.25, -0.2) is 33.1 Å². The first-order valence-electron chi connectivity index (χ1n) is 32.7. The lowest BCUT2D eigenvalue weighted by atomic mass is 9.84. The third kappa shape index (κ3) is 13.4. The van der Waals surface area contributed by atoms with Crippen LogP contribution in [0, 0.1) is 51.4 Å². The lowest BCUT2D eigenvalue weighted by molar-refractivity contribution is 0.00578. The van der Waals surface area contributed by atoms with Gasteiger partial charge in [-0.2, -0.15) is 20.5 Å². The number of aromatic amines is 1. The molecule has 4 aliphatic rings. The first-order chi connectivity index (χ1) is 49.5. The first-order valence-corrected chi connectivity index (χ1v) is 33.5. The summed E-state index contributed by atoms with van der Waals surface area (Å²) in [5, 5.41) is 36.9. The lowest BCUT2D eigenvalue weighted by Crippen LogP contribution is -2.41. The molecule has 13 aromatic rings. The highest BCUT2D eigenvalue weighted by atomic mass is 79.9. The number of benzene rings is 3. The van der Waals surface area contributed by atoms with Gasteiger partial charge in [0, 0.05) is 124 Å². The Morgan fingerprint density at radius 1 is 0.563 bits per heavy atom. The van der Waals surface area contributed by atoms with E-state index in [0.29, 0.717) is 107 Å². The average Bonchev–Trinajstić information content (AvgIpc) is 1.65. The topological polar surface area (TPSA) is 289 Å². The van der Waals surface area contributed by atoms with Crippen molar-refractivity contribution in [1.29, 1.82) is 0 Å². The summed E-state index contributed by atoms with van der Waals surface area (Å²) < 4.78 is 83.1. The van der Waals surface area contributed by atoms with Gasteiger partial charge in [0.25, 0.3) is 11.6 Å². The fourth-order valence-electron chi connectivity index (χ4n) is 12.7. The number of aromatic nitrogens is 19. The number of nitrogens with zero attached hydrogens (tertiary/aromatic N) is 20. The van der Waals surface area contributed by atoms with Crippen LogP contribution < -0.4 is 35.8 Å². The molecule has 0 bridgehead atoms. The summed E-state index contributed by atoms with van der Waals surface area (Å²) >= 11 is 3.37. The van der Waals surface area contributed by atoms with Crippen molar-refractivity contribution in [1.82, 2.24) is 93.1 Å². The van der Waals surface area contributed by atoms with Crippen molar-refractivity contribution < 1.29 is 36.7 Å². The van der Waals surface area contributed by atoms with Crippen molar-refractivity contribution in [2.75, 3.05) is 35.8 Å². The molecule has 17 rings (SSSR count). The van der Waals surface area contributed by atoms with Gasteiger partial charge in [-0.05, 0) is 124 Å². The summed E-state index contributed by atoms with van der Waals surface area (Å²) in [5.41, 5.74) is 13.1. The number of tetrazole rings is 1. The smallest absolute Gasteiger partial charge is 0.493 e. The predicted molar refractivity (Wildman–Crippen MR) is 379 cm³/mol. The van der Waals surface area contributed by atoms with Crippen LogP contribution in [0.25, 0.3) is 60.7 Å². The minimum absolute atomic E-state index is 0.246. The van der Waals surface area contributed by atoms with Gasteiger partial charge in [0.05, 0.1) is 82.4 Å². The molecule has 0 atom stereocenters. The molecule has 524 valence electrons. The van der Waals surface area contributed by atoms with Crippen LogP contribution in [0.4, 0.5) is 42.7 Å². The molecule has 4 aliphatic heterocycles. The number of H-pyrrole nitrogens is 1. The second kappa shape index (κ2) is 27.7. The summed E-state index contributed by atoms with van der Waals surface area (Å²) in [6, 6.07) is 15.2. The van der Waals surface area contributed by atoms with Crippen LogP contribution in [0.5, 0.6) is 17.2 Å².